The first-order valence-corrected chi connectivity index (χ1v) is 4.88. The van der Waals surface area contributed by atoms with Crippen molar-refractivity contribution in [2.45, 2.75) is 38.1 Å². The zero-order valence-corrected chi connectivity index (χ0v) is 9.35. The Morgan fingerprint density at radius 2 is 1.35 bits per heavy atom. The fourth-order valence-electron chi connectivity index (χ4n) is 0.623. The number of aliphatic hydroxyl groups excluding tert-OH is 4. The average molecular weight is 254 g/mol. The van der Waals surface area contributed by atoms with E-state index in [1.54, 1.807) is 0 Å². The van der Waals surface area contributed by atoms with Crippen LogP contribution in [0.5, 0.6) is 0 Å². The number of carboxylic acids is 2. The SMILES string of the molecule is CCC(O)CCO.O=C(O)C(O)C(O)C(=O)O. The zero-order chi connectivity index (χ0) is 14.0. The number of carbonyl (C=O) groups is 2. The molecule has 0 spiro atoms. The maximum absolute atomic E-state index is 9.77. The normalized spacial score (nSPS) is 15.1. The summed E-state index contributed by atoms with van der Waals surface area (Å²) >= 11 is 0. The summed E-state index contributed by atoms with van der Waals surface area (Å²) < 4.78 is 0. The van der Waals surface area contributed by atoms with Gasteiger partial charge in [0.05, 0.1) is 6.10 Å². The lowest BCUT2D eigenvalue weighted by Gasteiger charge is -2.07. The zero-order valence-electron chi connectivity index (χ0n) is 9.35. The smallest absolute Gasteiger partial charge is 0.335 e. The molecule has 0 aromatic rings. The second-order valence-corrected chi connectivity index (χ2v) is 3.14. The molecule has 3 unspecified atom stereocenters. The maximum Gasteiger partial charge on any atom is 0.335 e. The molecule has 0 bridgehead atoms. The Morgan fingerprint density at radius 3 is 1.47 bits per heavy atom. The molecular weight excluding hydrogens is 236 g/mol. The van der Waals surface area contributed by atoms with Gasteiger partial charge in [0.15, 0.2) is 12.2 Å². The highest BCUT2D eigenvalue weighted by molar-refractivity contribution is 5.83. The minimum atomic E-state index is -2.27. The summed E-state index contributed by atoms with van der Waals surface area (Å²) in [5, 5.41) is 49.4. The summed E-state index contributed by atoms with van der Waals surface area (Å²) in [5.41, 5.74) is 0. The lowest BCUT2D eigenvalue weighted by Crippen LogP contribution is -2.39. The van der Waals surface area contributed by atoms with Crippen LogP contribution in [-0.2, 0) is 9.59 Å². The van der Waals surface area contributed by atoms with E-state index in [9.17, 15) is 9.59 Å². The quantitative estimate of drug-likeness (QED) is 0.318. The van der Waals surface area contributed by atoms with E-state index in [-0.39, 0.29) is 12.7 Å². The molecule has 17 heavy (non-hydrogen) atoms. The molecule has 0 saturated carbocycles. The van der Waals surface area contributed by atoms with Crippen LogP contribution in [0.1, 0.15) is 19.8 Å². The third-order valence-corrected chi connectivity index (χ3v) is 1.74. The molecule has 3 atom stereocenters. The molecule has 0 aliphatic carbocycles. The molecule has 0 radical (unpaired) electrons. The van der Waals surface area contributed by atoms with Crippen LogP contribution in [0.4, 0.5) is 0 Å². The van der Waals surface area contributed by atoms with Crippen molar-refractivity contribution in [1.29, 1.82) is 0 Å². The fourth-order valence-corrected chi connectivity index (χ4v) is 0.623. The van der Waals surface area contributed by atoms with Gasteiger partial charge in [-0.3, -0.25) is 0 Å². The Kier molecular flexibility index (Phi) is 10.6. The molecular formula is C9H18O8. The molecule has 0 saturated heterocycles. The number of rotatable bonds is 6. The van der Waals surface area contributed by atoms with E-state index >= 15 is 0 Å². The molecule has 0 aliphatic heterocycles. The maximum atomic E-state index is 9.77. The molecule has 0 aromatic carbocycles. The predicted molar refractivity (Wildman–Crippen MR) is 55.3 cm³/mol. The largest absolute Gasteiger partial charge is 0.479 e. The highest BCUT2D eigenvalue weighted by Gasteiger charge is 2.29. The van der Waals surface area contributed by atoms with Crippen LogP contribution in [0.2, 0.25) is 0 Å². The van der Waals surface area contributed by atoms with Gasteiger partial charge in [-0.1, -0.05) is 6.92 Å². The predicted octanol–water partition coefficient (Wildman–Crippen LogP) is -1.98. The van der Waals surface area contributed by atoms with Gasteiger partial charge in [-0.2, -0.15) is 0 Å². The van der Waals surface area contributed by atoms with Gasteiger partial charge in [0.2, 0.25) is 0 Å². The molecule has 0 aromatic heterocycles. The van der Waals surface area contributed by atoms with Crippen LogP contribution in [0, 0.1) is 0 Å². The summed E-state index contributed by atoms with van der Waals surface area (Å²) in [6, 6.07) is 0. The van der Waals surface area contributed by atoms with Crippen molar-refractivity contribution < 1.29 is 40.2 Å². The molecule has 0 amide bonds. The minimum Gasteiger partial charge on any atom is -0.479 e. The molecule has 0 heterocycles. The third kappa shape index (κ3) is 9.69. The summed E-state index contributed by atoms with van der Waals surface area (Å²) in [7, 11) is 0. The van der Waals surface area contributed by atoms with Gasteiger partial charge in [-0.15, -0.1) is 0 Å². The van der Waals surface area contributed by atoms with Crippen molar-refractivity contribution in [3.63, 3.8) is 0 Å². The van der Waals surface area contributed by atoms with E-state index in [2.05, 4.69) is 0 Å². The van der Waals surface area contributed by atoms with E-state index < -0.39 is 24.1 Å². The second-order valence-electron chi connectivity index (χ2n) is 3.14. The highest BCUT2D eigenvalue weighted by atomic mass is 16.4. The van der Waals surface area contributed by atoms with Crippen molar-refractivity contribution in [1.82, 2.24) is 0 Å². The summed E-state index contributed by atoms with van der Waals surface area (Å²) in [6.45, 7) is 1.98. The molecule has 0 fully saturated rings. The van der Waals surface area contributed by atoms with E-state index in [0.717, 1.165) is 6.42 Å². The average Bonchev–Trinajstić information content (AvgIpc) is 2.27. The van der Waals surface area contributed by atoms with Crippen molar-refractivity contribution in [3.8, 4) is 0 Å². The van der Waals surface area contributed by atoms with Gasteiger partial charge in [0, 0.05) is 6.61 Å². The Bertz CT molecular complexity index is 211. The topological polar surface area (TPSA) is 156 Å². The van der Waals surface area contributed by atoms with Gasteiger partial charge in [-0.25, -0.2) is 9.59 Å². The van der Waals surface area contributed by atoms with Gasteiger partial charge in [0.1, 0.15) is 0 Å². The minimum absolute atomic E-state index is 0.0923. The van der Waals surface area contributed by atoms with E-state index in [1.807, 2.05) is 6.92 Å². The number of aliphatic carboxylic acids is 2. The van der Waals surface area contributed by atoms with Gasteiger partial charge >= 0.3 is 11.9 Å². The first-order valence-electron chi connectivity index (χ1n) is 4.88. The van der Waals surface area contributed by atoms with Gasteiger partial charge < -0.3 is 30.6 Å². The number of hydrogen-bond acceptors (Lipinski definition) is 6. The van der Waals surface area contributed by atoms with Crippen LogP contribution in [0.15, 0.2) is 0 Å². The fraction of sp³-hybridized carbons (Fsp3) is 0.778. The van der Waals surface area contributed by atoms with Gasteiger partial charge in [-0.05, 0) is 12.8 Å². The third-order valence-electron chi connectivity index (χ3n) is 1.74. The first kappa shape index (κ1) is 18.2. The van der Waals surface area contributed by atoms with Crippen LogP contribution in [0.25, 0.3) is 0 Å². The van der Waals surface area contributed by atoms with E-state index in [0.29, 0.717) is 6.42 Å². The molecule has 6 N–H and O–H groups in total. The second kappa shape index (κ2) is 9.97. The molecule has 102 valence electrons. The summed E-state index contributed by atoms with van der Waals surface area (Å²) in [5.74, 6) is -3.54. The van der Waals surface area contributed by atoms with Crippen molar-refractivity contribution in [3.05, 3.63) is 0 Å². The Labute approximate surface area is 97.8 Å². The number of aliphatic hydroxyl groups is 4. The summed E-state index contributed by atoms with van der Waals surface area (Å²) in [6.07, 6.45) is -3.59. The van der Waals surface area contributed by atoms with E-state index in [1.165, 1.54) is 0 Å². The molecule has 0 aliphatic rings. The van der Waals surface area contributed by atoms with E-state index in [4.69, 9.17) is 30.6 Å². The first-order chi connectivity index (χ1) is 7.77. The van der Waals surface area contributed by atoms with Gasteiger partial charge in [0.25, 0.3) is 0 Å². The van der Waals surface area contributed by atoms with Crippen LogP contribution < -0.4 is 0 Å². The standard InChI is InChI=1S/C5H12O2.C4H6O6/c1-2-5(7)3-4-6;5-1(3(7)8)2(6)4(9)10/h5-7H,2-4H2,1H3;1-2,5-6H,(H,7,8)(H,9,10). The van der Waals surface area contributed by atoms with Crippen molar-refractivity contribution >= 4 is 11.9 Å². The Morgan fingerprint density at radius 1 is 1.00 bits per heavy atom. The molecule has 0 rings (SSSR count). The summed E-state index contributed by atoms with van der Waals surface area (Å²) in [4.78, 5) is 19.5. The van der Waals surface area contributed by atoms with Crippen molar-refractivity contribution in [2.75, 3.05) is 6.61 Å². The lowest BCUT2D eigenvalue weighted by atomic mass is 10.2. The van der Waals surface area contributed by atoms with Crippen LogP contribution in [0.3, 0.4) is 0 Å². The number of hydrogen-bond donors (Lipinski definition) is 6. The monoisotopic (exact) mass is 254 g/mol. The van der Waals surface area contributed by atoms with Crippen molar-refractivity contribution in [2.24, 2.45) is 0 Å². The lowest BCUT2D eigenvalue weighted by molar-refractivity contribution is -0.165. The Balaban J connectivity index is 0. The molecule has 8 heteroatoms. The van der Waals surface area contributed by atoms with Crippen LogP contribution in [-0.4, -0.2) is 67.5 Å². The number of carboxylic acid groups (broad SMARTS) is 2. The van der Waals surface area contributed by atoms with Crippen LogP contribution >= 0.6 is 0 Å². The highest BCUT2D eigenvalue weighted by Crippen LogP contribution is 1.93. The Hall–Kier alpha value is -1.22. The molecule has 8 nitrogen and oxygen atoms in total.